The van der Waals surface area contributed by atoms with Crippen LogP contribution in [0.5, 0.6) is 5.75 Å². The maximum absolute atomic E-state index is 5.31. The van der Waals surface area contributed by atoms with Crippen molar-refractivity contribution in [1.29, 1.82) is 0 Å². The van der Waals surface area contributed by atoms with Gasteiger partial charge >= 0.3 is 0 Å². The van der Waals surface area contributed by atoms with Crippen molar-refractivity contribution in [2.75, 3.05) is 25.5 Å². The van der Waals surface area contributed by atoms with Gasteiger partial charge in [-0.15, -0.1) is 0 Å². The van der Waals surface area contributed by atoms with E-state index in [1.54, 1.807) is 7.11 Å². The fourth-order valence-corrected chi connectivity index (χ4v) is 4.09. The van der Waals surface area contributed by atoms with Gasteiger partial charge in [-0.2, -0.15) is 0 Å². The van der Waals surface area contributed by atoms with E-state index in [9.17, 15) is 0 Å². The Morgan fingerprint density at radius 3 is 2.69 bits per heavy atom. The van der Waals surface area contributed by atoms with Gasteiger partial charge in [0.1, 0.15) is 17.4 Å². The summed E-state index contributed by atoms with van der Waals surface area (Å²) in [5.74, 6) is 3.48. The minimum atomic E-state index is 0.496. The molecule has 6 heteroatoms. The third-order valence-corrected chi connectivity index (χ3v) is 5.80. The number of anilines is 1. The molecule has 2 aliphatic rings. The van der Waals surface area contributed by atoms with Crippen LogP contribution in [0.15, 0.2) is 34.9 Å². The molecular weight excluding hydrogens is 392 g/mol. The Labute approximate surface area is 163 Å². The first-order chi connectivity index (χ1) is 12.7. The SMILES string of the molecule is COc1ccc(CN2CCC(Nc3ccnc(C4CC4)n3)CC2)cc1Br. The summed E-state index contributed by atoms with van der Waals surface area (Å²) in [5.41, 5.74) is 1.31. The third-order valence-electron chi connectivity index (χ3n) is 5.18. The molecule has 1 aliphatic carbocycles. The molecule has 4 rings (SSSR count). The largest absolute Gasteiger partial charge is 0.496 e. The monoisotopic (exact) mass is 416 g/mol. The number of likely N-dealkylation sites (tertiary alicyclic amines) is 1. The maximum Gasteiger partial charge on any atom is 0.133 e. The fraction of sp³-hybridized carbons (Fsp3) is 0.500. The molecule has 2 aromatic rings. The number of aromatic nitrogens is 2. The Balaban J connectivity index is 1.28. The Morgan fingerprint density at radius 1 is 1.19 bits per heavy atom. The van der Waals surface area contributed by atoms with Gasteiger partial charge in [-0.3, -0.25) is 4.90 Å². The van der Waals surface area contributed by atoms with Gasteiger partial charge in [0.25, 0.3) is 0 Å². The highest BCUT2D eigenvalue weighted by Crippen LogP contribution is 2.38. The molecule has 0 bridgehead atoms. The van der Waals surface area contributed by atoms with E-state index < -0.39 is 0 Å². The van der Waals surface area contributed by atoms with Crippen molar-refractivity contribution in [3.63, 3.8) is 0 Å². The standard InChI is InChI=1S/C20H25BrN4O/c1-26-18-5-2-14(12-17(18)21)13-25-10-7-16(8-11-25)23-19-6-9-22-20(24-19)15-3-4-15/h2,5-6,9,12,15-16H,3-4,7-8,10-11,13H2,1H3,(H,22,23,24). The van der Waals surface area contributed by atoms with Crippen molar-refractivity contribution in [1.82, 2.24) is 14.9 Å². The van der Waals surface area contributed by atoms with Crippen LogP contribution in [0.25, 0.3) is 0 Å². The molecule has 1 saturated heterocycles. The summed E-state index contributed by atoms with van der Waals surface area (Å²) in [6, 6.07) is 8.82. The molecule has 0 amide bonds. The van der Waals surface area contributed by atoms with Gasteiger partial charge < -0.3 is 10.1 Å². The van der Waals surface area contributed by atoms with Gasteiger partial charge in [0.05, 0.1) is 11.6 Å². The van der Waals surface area contributed by atoms with Crippen LogP contribution >= 0.6 is 15.9 Å². The number of hydrogen-bond acceptors (Lipinski definition) is 5. The first-order valence-electron chi connectivity index (χ1n) is 9.35. The summed E-state index contributed by atoms with van der Waals surface area (Å²) in [4.78, 5) is 11.6. The van der Waals surface area contributed by atoms with Crippen molar-refractivity contribution >= 4 is 21.7 Å². The highest BCUT2D eigenvalue weighted by molar-refractivity contribution is 9.10. The van der Waals surface area contributed by atoms with E-state index in [1.165, 1.54) is 18.4 Å². The number of piperidine rings is 1. The molecule has 5 nitrogen and oxygen atoms in total. The molecule has 0 radical (unpaired) electrons. The Bertz CT molecular complexity index is 757. The molecule has 2 fully saturated rings. The second-order valence-electron chi connectivity index (χ2n) is 7.24. The zero-order chi connectivity index (χ0) is 17.9. The zero-order valence-corrected chi connectivity index (χ0v) is 16.7. The molecule has 1 N–H and O–H groups in total. The lowest BCUT2D eigenvalue weighted by Gasteiger charge is -2.32. The molecular formula is C20H25BrN4O. The van der Waals surface area contributed by atoms with E-state index in [2.05, 4.69) is 48.2 Å². The van der Waals surface area contributed by atoms with E-state index >= 15 is 0 Å². The lowest BCUT2D eigenvalue weighted by atomic mass is 10.0. The lowest BCUT2D eigenvalue weighted by molar-refractivity contribution is 0.211. The van der Waals surface area contributed by atoms with Crippen LogP contribution in [-0.2, 0) is 6.54 Å². The summed E-state index contributed by atoms with van der Waals surface area (Å²) < 4.78 is 6.33. The van der Waals surface area contributed by atoms with Crippen LogP contribution in [0.2, 0.25) is 0 Å². The summed E-state index contributed by atoms with van der Waals surface area (Å²) in [7, 11) is 1.70. The van der Waals surface area contributed by atoms with Crippen molar-refractivity contribution in [2.45, 2.75) is 44.2 Å². The van der Waals surface area contributed by atoms with E-state index in [4.69, 9.17) is 4.74 Å². The topological polar surface area (TPSA) is 50.3 Å². The molecule has 2 heterocycles. The van der Waals surface area contributed by atoms with Gasteiger partial charge in [-0.1, -0.05) is 6.07 Å². The number of ether oxygens (including phenoxy) is 1. The van der Waals surface area contributed by atoms with Crippen molar-refractivity contribution in [2.24, 2.45) is 0 Å². The number of benzene rings is 1. The molecule has 0 unspecified atom stereocenters. The smallest absolute Gasteiger partial charge is 0.133 e. The highest BCUT2D eigenvalue weighted by atomic mass is 79.9. The Morgan fingerprint density at radius 2 is 2.00 bits per heavy atom. The van der Waals surface area contributed by atoms with Gasteiger partial charge in [-0.25, -0.2) is 9.97 Å². The Hall–Kier alpha value is -1.66. The van der Waals surface area contributed by atoms with Crippen LogP contribution in [0.4, 0.5) is 5.82 Å². The average molecular weight is 417 g/mol. The number of rotatable bonds is 6. The second kappa shape index (κ2) is 7.92. The summed E-state index contributed by atoms with van der Waals surface area (Å²) in [6.07, 6.45) is 6.65. The number of nitrogens with zero attached hydrogens (tertiary/aromatic N) is 3. The maximum atomic E-state index is 5.31. The first-order valence-corrected chi connectivity index (χ1v) is 10.1. The first kappa shape index (κ1) is 17.7. The minimum absolute atomic E-state index is 0.496. The van der Waals surface area contributed by atoms with Crippen LogP contribution in [-0.4, -0.2) is 41.1 Å². The number of hydrogen-bond donors (Lipinski definition) is 1. The zero-order valence-electron chi connectivity index (χ0n) is 15.1. The van der Waals surface area contributed by atoms with Crippen LogP contribution < -0.4 is 10.1 Å². The lowest BCUT2D eigenvalue weighted by Crippen LogP contribution is -2.38. The third kappa shape index (κ3) is 4.35. The normalized spacial score (nSPS) is 18.7. The highest BCUT2D eigenvalue weighted by Gasteiger charge is 2.27. The predicted molar refractivity (Wildman–Crippen MR) is 107 cm³/mol. The van der Waals surface area contributed by atoms with Crippen molar-refractivity contribution in [3.05, 3.63) is 46.3 Å². The van der Waals surface area contributed by atoms with Gasteiger partial charge in [0.2, 0.25) is 0 Å². The van der Waals surface area contributed by atoms with E-state index in [1.807, 2.05) is 18.3 Å². The van der Waals surface area contributed by atoms with Crippen LogP contribution in [0, 0.1) is 0 Å². The van der Waals surface area contributed by atoms with Crippen LogP contribution in [0.1, 0.15) is 43.0 Å². The molecule has 1 aromatic heterocycles. The van der Waals surface area contributed by atoms with Gasteiger partial charge in [0, 0.05) is 37.8 Å². The number of nitrogens with one attached hydrogen (secondary N) is 1. The molecule has 26 heavy (non-hydrogen) atoms. The van der Waals surface area contributed by atoms with E-state index in [-0.39, 0.29) is 0 Å². The quantitative estimate of drug-likeness (QED) is 0.764. The van der Waals surface area contributed by atoms with Crippen molar-refractivity contribution in [3.8, 4) is 5.75 Å². The second-order valence-corrected chi connectivity index (χ2v) is 8.09. The molecule has 0 spiro atoms. The molecule has 1 saturated carbocycles. The van der Waals surface area contributed by atoms with Gasteiger partial charge in [0.15, 0.2) is 0 Å². The van der Waals surface area contributed by atoms with Gasteiger partial charge in [-0.05, 0) is 65.4 Å². The molecule has 1 aliphatic heterocycles. The number of halogens is 1. The predicted octanol–water partition coefficient (Wildman–Crippen LogP) is 4.20. The minimum Gasteiger partial charge on any atom is -0.496 e. The summed E-state index contributed by atoms with van der Waals surface area (Å²) >= 11 is 3.57. The van der Waals surface area contributed by atoms with Crippen LogP contribution in [0.3, 0.4) is 0 Å². The summed E-state index contributed by atoms with van der Waals surface area (Å²) in [5, 5.41) is 3.61. The Kier molecular flexibility index (Phi) is 5.41. The molecule has 0 atom stereocenters. The van der Waals surface area contributed by atoms with Crippen molar-refractivity contribution < 1.29 is 4.74 Å². The van der Waals surface area contributed by atoms with E-state index in [0.29, 0.717) is 12.0 Å². The fourth-order valence-electron chi connectivity index (χ4n) is 3.50. The molecule has 138 valence electrons. The summed E-state index contributed by atoms with van der Waals surface area (Å²) in [6.45, 7) is 3.18. The van der Waals surface area contributed by atoms with E-state index in [0.717, 1.165) is 54.3 Å². The number of methoxy groups -OCH3 is 1. The molecule has 1 aromatic carbocycles. The average Bonchev–Trinajstić information content (AvgIpc) is 3.49.